The van der Waals surface area contributed by atoms with Crippen LogP contribution in [0, 0.1) is 11.7 Å². The van der Waals surface area contributed by atoms with Gasteiger partial charge in [0.15, 0.2) is 9.84 Å². The average Bonchev–Trinajstić information content (AvgIpc) is 3.55. The molecule has 1 aliphatic heterocycles. The van der Waals surface area contributed by atoms with Crippen molar-refractivity contribution >= 4 is 15.7 Å². The van der Waals surface area contributed by atoms with Crippen LogP contribution in [0.15, 0.2) is 59.9 Å². The highest BCUT2D eigenvalue weighted by Crippen LogP contribution is 2.56. The van der Waals surface area contributed by atoms with Gasteiger partial charge in [0.1, 0.15) is 16.3 Å². The van der Waals surface area contributed by atoms with Crippen LogP contribution in [-0.4, -0.2) is 54.6 Å². The molecule has 40 heavy (non-hydrogen) atoms. The fourth-order valence-corrected chi connectivity index (χ4v) is 8.10. The molecule has 15 heteroatoms. The van der Waals surface area contributed by atoms with Crippen LogP contribution in [0.4, 0.5) is 35.1 Å². The first-order chi connectivity index (χ1) is 18.5. The first-order valence-corrected chi connectivity index (χ1v) is 13.3. The third kappa shape index (κ3) is 3.91. The summed E-state index contributed by atoms with van der Waals surface area (Å²) in [7, 11) is -4.56. The number of H-pyrrole nitrogens is 1. The second-order valence-corrected chi connectivity index (χ2v) is 12.0. The van der Waals surface area contributed by atoms with E-state index in [-0.39, 0.29) is 47.2 Å². The molecule has 2 aliphatic rings. The molecule has 2 heterocycles. The van der Waals surface area contributed by atoms with E-state index in [4.69, 9.17) is 0 Å². The number of hydrogen-bond donors (Lipinski definition) is 1. The van der Waals surface area contributed by atoms with E-state index in [2.05, 4.69) is 9.97 Å². The van der Waals surface area contributed by atoms with Gasteiger partial charge in [-0.3, -0.25) is 4.79 Å². The van der Waals surface area contributed by atoms with Crippen molar-refractivity contribution in [2.75, 3.05) is 13.1 Å². The molecule has 0 spiro atoms. The Bertz CT molecular complexity index is 1540. The highest BCUT2D eigenvalue weighted by molar-refractivity contribution is 7.92. The zero-order valence-electron chi connectivity index (χ0n) is 20.2. The molecule has 0 bridgehead atoms. The maximum absolute atomic E-state index is 14.9. The van der Waals surface area contributed by atoms with Gasteiger partial charge < -0.3 is 9.88 Å². The van der Waals surface area contributed by atoms with Crippen LogP contribution >= 0.6 is 0 Å². The molecule has 6 nitrogen and oxygen atoms in total. The molecule has 1 saturated heterocycles. The summed E-state index contributed by atoms with van der Waals surface area (Å²) in [6.45, 7) is -0.626. The number of fused-ring (bicyclic) bond motifs is 3. The Balaban J connectivity index is 1.71. The summed E-state index contributed by atoms with van der Waals surface area (Å²) in [5.74, 6) is -2.22. The zero-order chi connectivity index (χ0) is 29.3. The van der Waals surface area contributed by atoms with Gasteiger partial charge >= 0.3 is 18.0 Å². The molecular weight excluding hydrogens is 574 g/mol. The van der Waals surface area contributed by atoms with Crippen LogP contribution in [0.5, 0.6) is 0 Å². The summed E-state index contributed by atoms with van der Waals surface area (Å²) in [5.41, 5.74) is -7.79. The van der Waals surface area contributed by atoms with E-state index >= 15 is 0 Å². The number of sulfone groups is 1. The lowest BCUT2D eigenvalue weighted by atomic mass is 9.75. The lowest BCUT2D eigenvalue weighted by molar-refractivity contribution is -0.348. The van der Waals surface area contributed by atoms with Gasteiger partial charge in [-0.2, -0.15) is 26.3 Å². The Morgan fingerprint density at radius 2 is 1.65 bits per heavy atom. The number of rotatable bonds is 4. The Labute approximate surface area is 221 Å². The van der Waals surface area contributed by atoms with Gasteiger partial charge in [0, 0.05) is 24.6 Å². The van der Waals surface area contributed by atoms with Crippen molar-refractivity contribution in [1.29, 1.82) is 0 Å². The van der Waals surface area contributed by atoms with E-state index in [0.717, 1.165) is 30.3 Å². The molecule has 0 radical (unpaired) electrons. The van der Waals surface area contributed by atoms with Crippen LogP contribution in [-0.2, 0) is 26.7 Å². The topological polar surface area (TPSA) is 83.1 Å². The number of amides is 1. The number of likely N-dealkylation sites (tertiary alicyclic amines) is 1. The van der Waals surface area contributed by atoms with E-state index in [1.165, 1.54) is 17.4 Å². The van der Waals surface area contributed by atoms with Crippen LogP contribution < -0.4 is 0 Å². The number of imidazole rings is 1. The predicted octanol–water partition coefficient (Wildman–Crippen LogP) is 5.23. The smallest absolute Gasteiger partial charge is 0.341 e. The Morgan fingerprint density at radius 3 is 2.23 bits per heavy atom. The number of carbonyl (C=O) groups excluding carboxylic acids is 1. The molecule has 3 aromatic rings. The third-order valence-corrected chi connectivity index (χ3v) is 10.2. The SMILES string of the molecule is O=C(c1cnc[nH]1)N1CC2CCc3cc(C(F)(C(F)(F)F)C(F)(F)F)ccc3C2(S(=O)(=O)c2ccc(F)cc2)C1. The number of hydrogen-bond acceptors (Lipinski definition) is 4. The minimum absolute atomic E-state index is 0.0288. The molecule has 2 unspecified atom stereocenters. The van der Waals surface area contributed by atoms with Crippen molar-refractivity contribution in [2.24, 2.45) is 5.92 Å². The molecule has 2 aromatic carbocycles. The van der Waals surface area contributed by atoms with E-state index < -0.39 is 62.4 Å². The first kappa shape index (κ1) is 28.1. The molecule has 5 rings (SSSR count). The van der Waals surface area contributed by atoms with E-state index in [1.807, 2.05) is 0 Å². The lowest BCUT2D eigenvalue weighted by Gasteiger charge is -2.40. The number of nitrogens with one attached hydrogen (secondary N) is 1. The summed E-state index contributed by atoms with van der Waals surface area (Å²) in [4.78, 5) is 20.3. The summed E-state index contributed by atoms with van der Waals surface area (Å²) in [6, 6.07) is 5.18. The van der Waals surface area contributed by atoms with Crippen LogP contribution in [0.3, 0.4) is 0 Å². The fourth-order valence-electron chi connectivity index (χ4n) is 5.74. The number of alkyl halides is 7. The Morgan fingerprint density at radius 1 is 1.00 bits per heavy atom. The summed E-state index contributed by atoms with van der Waals surface area (Å²) >= 11 is 0. The van der Waals surface area contributed by atoms with Crippen molar-refractivity contribution < 1.29 is 48.3 Å². The quantitative estimate of drug-likeness (QED) is 0.332. The van der Waals surface area contributed by atoms with Crippen LogP contribution in [0.25, 0.3) is 0 Å². The highest BCUT2D eigenvalue weighted by atomic mass is 32.2. The second kappa shape index (κ2) is 9.01. The predicted molar refractivity (Wildman–Crippen MR) is 123 cm³/mol. The number of aromatic amines is 1. The van der Waals surface area contributed by atoms with E-state index in [0.29, 0.717) is 6.07 Å². The molecule has 1 N–H and O–H groups in total. The Kier molecular flexibility index (Phi) is 6.32. The molecule has 1 aromatic heterocycles. The average molecular weight is 593 g/mol. The summed E-state index contributed by atoms with van der Waals surface area (Å²) < 4.78 is 136. The molecule has 1 aliphatic carbocycles. The molecular formula is C25H19F8N3O3S. The maximum Gasteiger partial charge on any atom is 0.435 e. The molecule has 2 atom stereocenters. The molecule has 0 saturated carbocycles. The van der Waals surface area contributed by atoms with Crippen molar-refractivity contribution in [1.82, 2.24) is 14.9 Å². The monoisotopic (exact) mass is 593 g/mol. The van der Waals surface area contributed by atoms with Crippen LogP contribution in [0.1, 0.15) is 33.6 Å². The summed E-state index contributed by atoms with van der Waals surface area (Å²) in [6.07, 6.45) is -10.5. The number of aromatic nitrogens is 2. The van der Waals surface area contributed by atoms with Crippen molar-refractivity contribution in [3.05, 3.63) is 83.2 Å². The largest absolute Gasteiger partial charge is 0.435 e. The van der Waals surface area contributed by atoms with E-state index in [1.54, 1.807) is 0 Å². The minimum Gasteiger partial charge on any atom is -0.341 e. The zero-order valence-corrected chi connectivity index (χ0v) is 21.0. The molecule has 1 amide bonds. The standard InChI is InChI=1S/C25H19F8N3O3S/c26-17-4-6-18(7-5-17)40(38,39)22-12-36(21(37)20-10-34-13-35-20)11-16(22)2-1-14-9-15(3-8-19(14)22)23(27,24(28,29)30)25(31,32)33/h3-10,13,16H,1-2,11-12H2,(H,34,35). The van der Waals surface area contributed by atoms with Crippen LogP contribution in [0.2, 0.25) is 0 Å². The first-order valence-electron chi connectivity index (χ1n) is 11.8. The normalized spacial score (nSPS) is 21.7. The van der Waals surface area contributed by atoms with Gasteiger partial charge in [0.05, 0.1) is 17.4 Å². The van der Waals surface area contributed by atoms with E-state index in [9.17, 15) is 48.3 Å². The maximum atomic E-state index is 14.9. The van der Waals surface area contributed by atoms with Gasteiger partial charge in [-0.25, -0.2) is 22.2 Å². The molecule has 214 valence electrons. The number of aryl methyl sites for hydroxylation is 1. The minimum atomic E-state index is -6.35. The number of benzene rings is 2. The van der Waals surface area contributed by atoms with Gasteiger partial charge in [0.2, 0.25) is 0 Å². The third-order valence-electron chi connectivity index (χ3n) is 7.65. The number of nitrogens with zero attached hydrogens (tertiary/aromatic N) is 2. The van der Waals surface area contributed by atoms with Gasteiger partial charge in [0.25, 0.3) is 5.91 Å². The highest BCUT2D eigenvalue weighted by Gasteiger charge is 2.73. The van der Waals surface area contributed by atoms with Gasteiger partial charge in [-0.15, -0.1) is 0 Å². The lowest BCUT2D eigenvalue weighted by Crippen LogP contribution is -2.51. The van der Waals surface area contributed by atoms with Crippen molar-refractivity contribution in [3.63, 3.8) is 0 Å². The fraction of sp³-hybridized carbons (Fsp3) is 0.360. The number of halogens is 8. The second-order valence-electron chi connectivity index (χ2n) is 9.76. The molecule has 1 fully saturated rings. The summed E-state index contributed by atoms with van der Waals surface area (Å²) in [5, 5.41) is 0. The van der Waals surface area contributed by atoms with Crippen molar-refractivity contribution in [3.8, 4) is 0 Å². The Hall–Kier alpha value is -3.49. The van der Waals surface area contributed by atoms with Gasteiger partial charge in [-0.1, -0.05) is 18.2 Å². The van der Waals surface area contributed by atoms with Crippen molar-refractivity contribution in [2.45, 2.75) is 40.5 Å². The number of carbonyl (C=O) groups is 1. The van der Waals surface area contributed by atoms with Gasteiger partial charge in [-0.05, 0) is 48.2 Å².